The molecule has 56 valence electrons. The first-order valence-electron chi connectivity index (χ1n) is 3.14. The molecule has 0 spiro atoms. The fraction of sp³-hybridized carbons (Fsp3) is 0. The molecule has 1 aromatic carbocycles. The summed E-state index contributed by atoms with van der Waals surface area (Å²) >= 11 is 0. The van der Waals surface area contributed by atoms with Crippen LogP contribution in [0.3, 0.4) is 0 Å². The Morgan fingerprint density at radius 2 is 1.33 bits per heavy atom. The molecule has 1 aromatic rings. The zero-order valence-corrected chi connectivity index (χ0v) is 8.45. The van der Waals surface area contributed by atoms with Crippen LogP contribution in [-0.2, 0) is 4.74 Å². The number of hydrogen-bond acceptors (Lipinski definition) is 3. The van der Waals surface area contributed by atoms with E-state index in [1.54, 1.807) is 24.3 Å². The van der Waals surface area contributed by atoms with Crippen molar-refractivity contribution in [3.05, 3.63) is 35.4 Å². The van der Waals surface area contributed by atoms with Crippen LogP contribution < -0.4 is 0 Å². The second-order valence-electron chi connectivity index (χ2n) is 2.22. The van der Waals surface area contributed by atoms with Crippen molar-refractivity contribution in [2.45, 2.75) is 0 Å². The van der Waals surface area contributed by atoms with E-state index in [1.807, 2.05) is 0 Å². The van der Waals surface area contributed by atoms with Crippen molar-refractivity contribution in [2.24, 2.45) is 0 Å². The molecule has 2 rings (SSSR count). The van der Waals surface area contributed by atoms with E-state index in [0.717, 1.165) is 0 Å². The van der Waals surface area contributed by atoms with E-state index in [2.05, 4.69) is 4.74 Å². The fourth-order valence-corrected chi connectivity index (χ4v) is 1.03. The van der Waals surface area contributed by atoms with Crippen LogP contribution in [0.2, 0.25) is 0 Å². The van der Waals surface area contributed by atoms with E-state index in [4.69, 9.17) is 0 Å². The van der Waals surface area contributed by atoms with Crippen LogP contribution in [0.1, 0.15) is 20.7 Å². The third-order valence-corrected chi connectivity index (χ3v) is 1.55. The van der Waals surface area contributed by atoms with E-state index in [1.165, 1.54) is 0 Å². The molecule has 0 amide bonds. The van der Waals surface area contributed by atoms with Crippen LogP contribution in [0, 0.1) is 0 Å². The topological polar surface area (TPSA) is 43.4 Å². The number of cyclic esters (lactones) is 2. The van der Waals surface area contributed by atoms with Crippen molar-refractivity contribution in [3.63, 3.8) is 0 Å². The standard InChI is InChI=1S/C8H4O3.Ca/c9-7-5-3-1-2-4-6(5)8(10)11-7;/h1-4H;. The van der Waals surface area contributed by atoms with Gasteiger partial charge in [-0.05, 0) is 12.1 Å². The van der Waals surface area contributed by atoms with Crippen molar-refractivity contribution in [2.75, 3.05) is 0 Å². The Balaban J connectivity index is 0.000000720. The average Bonchev–Trinajstić information content (AvgIpc) is 2.30. The van der Waals surface area contributed by atoms with Crippen LogP contribution in [0.4, 0.5) is 0 Å². The molecule has 0 saturated carbocycles. The molecule has 4 heteroatoms. The van der Waals surface area contributed by atoms with Crippen molar-refractivity contribution in [1.29, 1.82) is 0 Å². The SMILES string of the molecule is O=C1OC(=O)c2ccccc21.[Ca]. The summed E-state index contributed by atoms with van der Waals surface area (Å²) in [7, 11) is 0. The van der Waals surface area contributed by atoms with Crippen molar-refractivity contribution >= 4 is 49.7 Å². The second-order valence-corrected chi connectivity index (χ2v) is 2.22. The molecule has 3 nitrogen and oxygen atoms in total. The van der Waals surface area contributed by atoms with Crippen LogP contribution in [-0.4, -0.2) is 49.7 Å². The molecule has 1 aliphatic heterocycles. The fourth-order valence-electron chi connectivity index (χ4n) is 1.03. The Morgan fingerprint density at radius 3 is 1.75 bits per heavy atom. The average molecular weight is 188 g/mol. The summed E-state index contributed by atoms with van der Waals surface area (Å²) in [6, 6.07) is 6.53. The van der Waals surface area contributed by atoms with Gasteiger partial charge in [0, 0.05) is 37.7 Å². The van der Waals surface area contributed by atoms with Crippen molar-refractivity contribution in [3.8, 4) is 0 Å². The van der Waals surface area contributed by atoms with E-state index < -0.39 is 11.9 Å². The number of ether oxygens (including phenoxy) is 1. The molecule has 0 N–H and O–H groups in total. The van der Waals surface area contributed by atoms with Crippen LogP contribution >= 0.6 is 0 Å². The molecule has 0 atom stereocenters. The Morgan fingerprint density at radius 1 is 0.917 bits per heavy atom. The summed E-state index contributed by atoms with van der Waals surface area (Å²) < 4.78 is 4.35. The first-order valence-corrected chi connectivity index (χ1v) is 3.14. The van der Waals surface area contributed by atoms with E-state index in [0.29, 0.717) is 11.1 Å². The second kappa shape index (κ2) is 3.56. The van der Waals surface area contributed by atoms with Crippen LogP contribution in [0.25, 0.3) is 0 Å². The molecule has 0 bridgehead atoms. The predicted octanol–water partition coefficient (Wildman–Crippen LogP) is 0.616. The maximum Gasteiger partial charge on any atom is 0.346 e. The number of fused-ring (bicyclic) bond motifs is 1. The zero-order chi connectivity index (χ0) is 7.84. The van der Waals surface area contributed by atoms with Gasteiger partial charge >= 0.3 is 11.9 Å². The first kappa shape index (κ1) is 9.71. The summed E-state index contributed by atoms with van der Waals surface area (Å²) in [5.41, 5.74) is 0.718. The molecule has 0 unspecified atom stereocenters. The minimum atomic E-state index is -0.550. The third-order valence-electron chi connectivity index (χ3n) is 1.55. The van der Waals surface area contributed by atoms with Gasteiger partial charge in [-0.2, -0.15) is 0 Å². The maximum atomic E-state index is 10.8. The third kappa shape index (κ3) is 1.40. The number of benzene rings is 1. The molecular formula is C8H4CaO3. The minimum Gasteiger partial charge on any atom is -0.386 e. The van der Waals surface area contributed by atoms with Gasteiger partial charge in [0.05, 0.1) is 11.1 Å². The number of carbonyl (C=O) groups is 2. The molecule has 0 aliphatic carbocycles. The zero-order valence-electron chi connectivity index (χ0n) is 6.24. The van der Waals surface area contributed by atoms with Crippen LogP contribution in [0.5, 0.6) is 0 Å². The van der Waals surface area contributed by atoms with Gasteiger partial charge in [0.2, 0.25) is 0 Å². The van der Waals surface area contributed by atoms with Gasteiger partial charge in [-0.15, -0.1) is 0 Å². The Kier molecular flexibility index (Phi) is 2.88. The van der Waals surface area contributed by atoms with E-state index >= 15 is 0 Å². The normalized spacial score (nSPS) is 13.3. The molecule has 12 heavy (non-hydrogen) atoms. The van der Waals surface area contributed by atoms with E-state index in [9.17, 15) is 9.59 Å². The number of hydrogen-bond donors (Lipinski definition) is 0. The van der Waals surface area contributed by atoms with Crippen molar-refractivity contribution < 1.29 is 14.3 Å². The van der Waals surface area contributed by atoms with Gasteiger partial charge in [-0.3, -0.25) is 0 Å². The maximum absolute atomic E-state index is 10.8. The van der Waals surface area contributed by atoms with E-state index in [-0.39, 0.29) is 37.7 Å². The van der Waals surface area contributed by atoms with Crippen molar-refractivity contribution in [1.82, 2.24) is 0 Å². The summed E-state index contributed by atoms with van der Waals surface area (Å²) in [6.45, 7) is 0. The number of carbonyl (C=O) groups excluding carboxylic acids is 2. The van der Waals surface area contributed by atoms with Gasteiger partial charge in [-0.1, -0.05) is 12.1 Å². The van der Waals surface area contributed by atoms with Gasteiger partial charge in [0.15, 0.2) is 0 Å². The monoisotopic (exact) mass is 188 g/mol. The number of esters is 2. The summed E-state index contributed by atoms with van der Waals surface area (Å²) in [5, 5.41) is 0. The Hall–Kier alpha value is -0.380. The molecule has 1 aliphatic rings. The Bertz CT molecular complexity index is 313. The van der Waals surface area contributed by atoms with Gasteiger partial charge in [-0.25, -0.2) is 9.59 Å². The molecule has 0 saturated heterocycles. The van der Waals surface area contributed by atoms with Crippen LogP contribution in [0.15, 0.2) is 24.3 Å². The smallest absolute Gasteiger partial charge is 0.346 e. The molecular weight excluding hydrogens is 184 g/mol. The molecule has 0 fully saturated rings. The minimum absolute atomic E-state index is 0. The summed E-state index contributed by atoms with van der Waals surface area (Å²) in [5.74, 6) is -1.10. The summed E-state index contributed by atoms with van der Waals surface area (Å²) in [4.78, 5) is 21.7. The Labute approximate surface area is 98.7 Å². The quantitative estimate of drug-likeness (QED) is 0.340. The predicted molar refractivity (Wildman–Crippen MR) is 41.9 cm³/mol. The molecule has 2 radical (unpaired) electrons. The summed E-state index contributed by atoms with van der Waals surface area (Å²) in [6.07, 6.45) is 0. The number of rotatable bonds is 0. The van der Waals surface area contributed by atoms with Gasteiger partial charge in [0.25, 0.3) is 0 Å². The molecule has 0 aromatic heterocycles. The largest absolute Gasteiger partial charge is 0.386 e. The first-order chi connectivity index (χ1) is 5.29. The van der Waals surface area contributed by atoms with Gasteiger partial charge < -0.3 is 4.74 Å². The van der Waals surface area contributed by atoms with Gasteiger partial charge in [0.1, 0.15) is 0 Å². The molecule has 1 heterocycles.